The van der Waals surface area contributed by atoms with Crippen LogP contribution in [-0.4, -0.2) is 19.3 Å². The third kappa shape index (κ3) is 3.80. The second-order valence-electron chi connectivity index (χ2n) is 7.78. The van der Waals surface area contributed by atoms with E-state index in [4.69, 9.17) is 13.9 Å². The van der Waals surface area contributed by atoms with Crippen molar-refractivity contribution in [1.29, 1.82) is 0 Å². The largest absolute Gasteiger partial charge is 0.507 e. The molecule has 0 saturated heterocycles. The number of phenolic OH excluding ortho intramolecular Hbond substituents is 1. The minimum Gasteiger partial charge on any atom is -0.507 e. The summed E-state index contributed by atoms with van der Waals surface area (Å²) in [6.07, 6.45) is 5.00. The van der Waals surface area contributed by atoms with E-state index >= 15 is 0 Å². The third-order valence-electron chi connectivity index (χ3n) is 5.08. The lowest BCUT2D eigenvalue weighted by Gasteiger charge is -2.17. The van der Waals surface area contributed by atoms with Gasteiger partial charge in [-0.3, -0.25) is 4.79 Å². The molecule has 0 fully saturated rings. The van der Waals surface area contributed by atoms with Gasteiger partial charge in [-0.2, -0.15) is 0 Å². The molecule has 0 atom stereocenters. The average Bonchev–Trinajstić information content (AvgIpc) is 2.71. The van der Waals surface area contributed by atoms with E-state index < -0.39 is 0 Å². The summed E-state index contributed by atoms with van der Waals surface area (Å²) in [5.41, 5.74) is 3.94. The van der Waals surface area contributed by atoms with E-state index in [1.807, 2.05) is 39.8 Å². The summed E-state index contributed by atoms with van der Waals surface area (Å²) in [5, 5.41) is 11.7. The van der Waals surface area contributed by atoms with E-state index in [0.29, 0.717) is 46.5 Å². The molecule has 0 bridgehead atoms. The van der Waals surface area contributed by atoms with Gasteiger partial charge in [0.25, 0.3) is 0 Å². The molecule has 0 aliphatic carbocycles. The number of methoxy groups -OCH3 is 2. The number of hydrogen-bond acceptors (Lipinski definition) is 5. The van der Waals surface area contributed by atoms with Crippen molar-refractivity contribution < 1.29 is 19.0 Å². The monoisotopic (exact) mass is 408 g/mol. The molecular weight excluding hydrogens is 380 g/mol. The van der Waals surface area contributed by atoms with Gasteiger partial charge < -0.3 is 19.0 Å². The van der Waals surface area contributed by atoms with Crippen molar-refractivity contribution in [2.24, 2.45) is 0 Å². The molecule has 3 aromatic rings. The molecule has 2 aromatic carbocycles. The Morgan fingerprint density at radius 3 is 2.17 bits per heavy atom. The van der Waals surface area contributed by atoms with E-state index in [0.717, 1.165) is 16.7 Å². The Morgan fingerprint density at radius 1 is 0.967 bits per heavy atom. The summed E-state index contributed by atoms with van der Waals surface area (Å²) in [6.45, 7) is 7.99. The smallest absolute Gasteiger partial charge is 0.204 e. The molecule has 5 heteroatoms. The van der Waals surface area contributed by atoms with E-state index in [-0.39, 0.29) is 16.6 Å². The standard InChI is InChI=1S/C25H28O5/c1-14(2)10-12-17-22(27)20-21(26)16-8-7-9-19(28-5)24(16)30-25(20)18(23(17)29-6)13-11-15(3)4/h7-11,27H,12-13H2,1-6H3. The van der Waals surface area contributed by atoms with Gasteiger partial charge in [0.15, 0.2) is 11.3 Å². The molecule has 30 heavy (non-hydrogen) atoms. The first-order chi connectivity index (χ1) is 14.3. The van der Waals surface area contributed by atoms with Crippen LogP contribution in [0, 0.1) is 0 Å². The van der Waals surface area contributed by atoms with E-state index in [2.05, 4.69) is 0 Å². The molecule has 0 spiro atoms. The zero-order valence-corrected chi connectivity index (χ0v) is 18.4. The Kier molecular flexibility index (Phi) is 6.20. The van der Waals surface area contributed by atoms with Gasteiger partial charge in [0.2, 0.25) is 5.43 Å². The van der Waals surface area contributed by atoms with Crippen LogP contribution >= 0.6 is 0 Å². The van der Waals surface area contributed by atoms with Crippen molar-refractivity contribution in [1.82, 2.24) is 0 Å². The first-order valence-electron chi connectivity index (χ1n) is 9.91. The highest BCUT2D eigenvalue weighted by Gasteiger charge is 2.24. The molecule has 1 aromatic heterocycles. The van der Waals surface area contributed by atoms with E-state index in [1.54, 1.807) is 25.3 Å². The first kappa shape index (κ1) is 21.5. The SMILES string of the molecule is COc1c(CC=C(C)C)c(O)c2c(=O)c3cccc(OC)c3oc2c1CC=C(C)C. The van der Waals surface area contributed by atoms with Crippen molar-refractivity contribution in [2.75, 3.05) is 14.2 Å². The lowest BCUT2D eigenvalue weighted by Crippen LogP contribution is -2.08. The Bertz CT molecular complexity index is 1220. The van der Waals surface area contributed by atoms with Crippen molar-refractivity contribution >= 4 is 21.9 Å². The van der Waals surface area contributed by atoms with Gasteiger partial charge in [0.1, 0.15) is 22.5 Å². The molecule has 0 amide bonds. The summed E-state index contributed by atoms with van der Waals surface area (Å²) >= 11 is 0. The van der Waals surface area contributed by atoms with Gasteiger partial charge in [-0.25, -0.2) is 0 Å². The molecule has 0 unspecified atom stereocenters. The fourth-order valence-electron chi connectivity index (χ4n) is 3.56. The van der Waals surface area contributed by atoms with Gasteiger partial charge in [0.05, 0.1) is 19.6 Å². The third-order valence-corrected chi connectivity index (χ3v) is 5.08. The number of phenols is 1. The summed E-state index contributed by atoms with van der Waals surface area (Å²) < 4.78 is 17.3. The summed E-state index contributed by atoms with van der Waals surface area (Å²) in [4.78, 5) is 13.4. The maximum absolute atomic E-state index is 13.4. The van der Waals surface area contributed by atoms with Crippen LogP contribution in [-0.2, 0) is 12.8 Å². The maximum Gasteiger partial charge on any atom is 0.204 e. The molecule has 3 rings (SSSR count). The Balaban J connectivity index is 2.53. The van der Waals surface area contributed by atoms with Crippen molar-refractivity contribution in [3.8, 4) is 17.2 Å². The van der Waals surface area contributed by atoms with Crippen molar-refractivity contribution in [3.05, 3.63) is 62.8 Å². The minimum absolute atomic E-state index is 0.0984. The second-order valence-corrected chi connectivity index (χ2v) is 7.78. The zero-order chi connectivity index (χ0) is 22.0. The van der Waals surface area contributed by atoms with Crippen LogP contribution in [0.4, 0.5) is 0 Å². The Morgan fingerprint density at radius 2 is 1.60 bits per heavy atom. The molecule has 0 aliphatic heterocycles. The highest BCUT2D eigenvalue weighted by molar-refractivity contribution is 5.98. The van der Waals surface area contributed by atoms with Gasteiger partial charge in [-0.1, -0.05) is 29.4 Å². The molecule has 158 valence electrons. The predicted octanol–water partition coefficient (Wildman–Crippen LogP) is 5.69. The number of para-hydroxylation sites is 1. The number of benzene rings is 2. The number of hydrogen-bond donors (Lipinski definition) is 1. The maximum atomic E-state index is 13.4. The van der Waals surface area contributed by atoms with Gasteiger partial charge >= 0.3 is 0 Å². The van der Waals surface area contributed by atoms with Crippen LogP contribution in [0.15, 0.2) is 50.7 Å². The second kappa shape index (κ2) is 8.66. The number of aromatic hydroxyl groups is 1. The summed E-state index contributed by atoms with van der Waals surface area (Å²) in [5.74, 6) is 0.901. The molecular formula is C25H28O5. The molecule has 1 heterocycles. The van der Waals surface area contributed by atoms with Crippen LogP contribution in [0.2, 0.25) is 0 Å². The Hall–Kier alpha value is -3.21. The van der Waals surface area contributed by atoms with Crippen LogP contribution in [0.25, 0.3) is 21.9 Å². The number of ether oxygens (including phenoxy) is 2. The summed E-state index contributed by atoms with van der Waals surface area (Å²) in [6, 6.07) is 5.16. The fraction of sp³-hybridized carbons (Fsp3) is 0.320. The molecule has 1 N–H and O–H groups in total. The topological polar surface area (TPSA) is 68.9 Å². The summed E-state index contributed by atoms with van der Waals surface area (Å²) in [7, 11) is 3.10. The van der Waals surface area contributed by atoms with Crippen molar-refractivity contribution in [3.63, 3.8) is 0 Å². The van der Waals surface area contributed by atoms with Crippen LogP contribution in [0.5, 0.6) is 17.2 Å². The zero-order valence-electron chi connectivity index (χ0n) is 18.4. The lowest BCUT2D eigenvalue weighted by molar-refractivity contribution is 0.396. The first-order valence-corrected chi connectivity index (χ1v) is 9.91. The van der Waals surface area contributed by atoms with Crippen molar-refractivity contribution in [2.45, 2.75) is 40.5 Å². The highest BCUT2D eigenvalue weighted by atomic mass is 16.5. The van der Waals surface area contributed by atoms with Crippen LogP contribution < -0.4 is 14.9 Å². The van der Waals surface area contributed by atoms with Gasteiger partial charge in [0, 0.05) is 11.1 Å². The minimum atomic E-state index is -0.290. The molecule has 0 aliphatic rings. The number of rotatable bonds is 6. The van der Waals surface area contributed by atoms with E-state index in [9.17, 15) is 9.90 Å². The Labute approximate surface area is 176 Å². The van der Waals surface area contributed by atoms with Crippen LogP contribution in [0.3, 0.4) is 0 Å². The number of allylic oxidation sites excluding steroid dienone is 4. The van der Waals surface area contributed by atoms with E-state index in [1.165, 1.54) is 7.11 Å². The molecule has 0 radical (unpaired) electrons. The van der Waals surface area contributed by atoms with Crippen LogP contribution in [0.1, 0.15) is 38.8 Å². The molecule has 0 saturated carbocycles. The predicted molar refractivity (Wildman–Crippen MR) is 121 cm³/mol. The normalized spacial score (nSPS) is 10.9. The average molecular weight is 408 g/mol. The lowest BCUT2D eigenvalue weighted by atomic mass is 9.96. The van der Waals surface area contributed by atoms with Gasteiger partial charge in [-0.15, -0.1) is 0 Å². The quantitative estimate of drug-likeness (QED) is 0.419. The number of fused-ring (bicyclic) bond motifs is 2. The highest BCUT2D eigenvalue weighted by Crippen LogP contribution is 2.42. The molecule has 5 nitrogen and oxygen atoms in total. The fourth-order valence-corrected chi connectivity index (χ4v) is 3.56. The van der Waals surface area contributed by atoms with Gasteiger partial charge in [-0.05, 0) is 52.7 Å².